The van der Waals surface area contributed by atoms with Gasteiger partial charge < -0.3 is 9.73 Å². The zero-order chi connectivity index (χ0) is 20.4. The molecular formula is C22H17N3O4. The monoisotopic (exact) mass is 387 g/mol. The van der Waals surface area contributed by atoms with Crippen LogP contribution >= 0.6 is 0 Å². The molecule has 0 fully saturated rings. The molecule has 0 aliphatic carbocycles. The molecule has 144 valence electrons. The third-order valence-electron chi connectivity index (χ3n) is 4.55. The van der Waals surface area contributed by atoms with E-state index in [0.29, 0.717) is 17.2 Å². The number of nitrogens with one attached hydrogen (secondary N) is 1. The molecule has 7 heteroatoms. The number of oxazole rings is 1. The minimum absolute atomic E-state index is 0.135. The van der Waals surface area contributed by atoms with Crippen LogP contribution in [0.15, 0.2) is 71.1 Å². The second-order valence-corrected chi connectivity index (χ2v) is 6.52. The number of benzene rings is 3. The minimum atomic E-state index is -0.533. The van der Waals surface area contributed by atoms with Gasteiger partial charge in [0.2, 0.25) is 5.89 Å². The number of carbonyl (C=O) groups excluding carboxylic acids is 1. The Morgan fingerprint density at radius 1 is 1.10 bits per heavy atom. The second-order valence-electron chi connectivity index (χ2n) is 6.52. The first kappa shape index (κ1) is 18.4. The van der Waals surface area contributed by atoms with Gasteiger partial charge in [0.1, 0.15) is 5.52 Å². The van der Waals surface area contributed by atoms with E-state index in [1.54, 1.807) is 18.2 Å². The largest absolute Gasteiger partial charge is 0.436 e. The molecule has 1 N–H and O–H groups in total. The summed E-state index contributed by atoms with van der Waals surface area (Å²) in [5, 5.41) is 13.7. The predicted molar refractivity (Wildman–Crippen MR) is 110 cm³/mol. The van der Waals surface area contributed by atoms with Gasteiger partial charge >= 0.3 is 0 Å². The first-order chi connectivity index (χ1) is 14.0. The van der Waals surface area contributed by atoms with Gasteiger partial charge in [-0.05, 0) is 48.4 Å². The van der Waals surface area contributed by atoms with E-state index in [9.17, 15) is 14.9 Å². The molecule has 1 aromatic heterocycles. The third-order valence-corrected chi connectivity index (χ3v) is 4.55. The molecule has 0 saturated heterocycles. The molecule has 4 aromatic rings. The maximum Gasteiger partial charge on any atom is 0.270 e. The number of nitro groups is 1. The lowest BCUT2D eigenvalue weighted by atomic mass is 10.1. The number of hydrogen-bond donors (Lipinski definition) is 1. The molecule has 0 spiro atoms. The zero-order valence-corrected chi connectivity index (χ0v) is 15.6. The summed E-state index contributed by atoms with van der Waals surface area (Å²) in [7, 11) is 0. The van der Waals surface area contributed by atoms with E-state index in [2.05, 4.69) is 17.2 Å². The molecule has 0 aliphatic heterocycles. The quantitative estimate of drug-likeness (QED) is 0.374. The predicted octanol–water partition coefficient (Wildman–Crippen LogP) is 5.22. The summed E-state index contributed by atoms with van der Waals surface area (Å²) in [6, 6.07) is 18.6. The third kappa shape index (κ3) is 3.84. The van der Waals surface area contributed by atoms with E-state index in [-0.39, 0.29) is 11.3 Å². The lowest BCUT2D eigenvalue weighted by Gasteiger charge is -2.06. The van der Waals surface area contributed by atoms with Gasteiger partial charge in [-0.2, -0.15) is 0 Å². The first-order valence-electron chi connectivity index (χ1n) is 9.09. The molecule has 0 aliphatic rings. The average molecular weight is 387 g/mol. The van der Waals surface area contributed by atoms with Crippen LogP contribution in [0.4, 0.5) is 11.4 Å². The summed E-state index contributed by atoms with van der Waals surface area (Å²) in [5.41, 5.74) is 3.98. The highest BCUT2D eigenvalue weighted by atomic mass is 16.6. The molecule has 0 unspecified atom stereocenters. The SMILES string of the molecule is CCc1ccc2oc(-c3cccc(NC(=O)c4cccc([N+](=O)[O-])c4)c3)nc2c1. The number of aromatic nitrogens is 1. The van der Waals surface area contributed by atoms with E-state index in [4.69, 9.17) is 4.42 Å². The normalized spacial score (nSPS) is 10.8. The van der Waals surface area contributed by atoms with Crippen LogP contribution in [-0.2, 0) is 6.42 Å². The Balaban J connectivity index is 1.60. The number of aryl methyl sites for hydroxylation is 1. The van der Waals surface area contributed by atoms with Crippen LogP contribution in [0.1, 0.15) is 22.8 Å². The number of fused-ring (bicyclic) bond motifs is 1. The molecule has 4 rings (SSSR count). The lowest BCUT2D eigenvalue weighted by molar-refractivity contribution is -0.384. The van der Waals surface area contributed by atoms with Crippen molar-refractivity contribution in [2.45, 2.75) is 13.3 Å². The van der Waals surface area contributed by atoms with Crippen LogP contribution in [0.5, 0.6) is 0 Å². The van der Waals surface area contributed by atoms with Crippen LogP contribution in [0, 0.1) is 10.1 Å². The number of nitrogens with zero attached hydrogens (tertiary/aromatic N) is 2. The molecule has 0 radical (unpaired) electrons. The van der Waals surface area contributed by atoms with Crippen molar-refractivity contribution in [1.29, 1.82) is 0 Å². The van der Waals surface area contributed by atoms with E-state index >= 15 is 0 Å². The molecule has 3 aromatic carbocycles. The number of rotatable bonds is 5. The van der Waals surface area contributed by atoms with Crippen LogP contribution in [0.3, 0.4) is 0 Å². The van der Waals surface area contributed by atoms with Gasteiger partial charge in [-0.1, -0.05) is 25.1 Å². The van der Waals surface area contributed by atoms with Crippen molar-refractivity contribution in [3.8, 4) is 11.5 Å². The van der Waals surface area contributed by atoms with Crippen molar-refractivity contribution >= 4 is 28.4 Å². The first-order valence-corrected chi connectivity index (χ1v) is 9.09. The number of anilines is 1. The summed E-state index contributed by atoms with van der Waals surface area (Å²) < 4.78 is 5.84. The summed E-state index contributed by atoms with van der Waals surface area (Å²) in [6.45, 7) is 2.08. The van der Waals surface area contributed by atoms with Crippen molar-refractivity contribution in [3.05, 3.63) is 88.0 Å². The molecule has 7 nitrogen and oxygen atoms in total. The molecule has 0 saturated carbocycles. The van der Waals surface area contributed by atoms with Crippen molar-refractivity contribution < 1.29 is 14.1 Å². The van der Waals surface area contributed by atoms with E-state index in [1.807, 2.05) is 24.3 Å². The van der Waals surface area contributed by atoms with Gasteiger partial charge in [0.05, 0.1) is 4.92 Å². The van der Waals surface area contributed by atoms with Crippen molar-refractivity contribution in [2.24, 2.45) is 0 Å². The highest BCUT2D eigenvalue weighted by Crippen LogP contribution is 2.27. The van der Waals surface area contributed by atoms with Crippen molar-refractivity contribution in [1.82, 2.24) is 4.98 Å². The fourth-order valence-electron chi connectivity index (χ4n) is 3.01. The topological polar surface area (TPSA) is 98.3 Å². The van der Waals surface area contributed by atoms with E-state index < -0.39 is 10.8 Å². The lowest BCUT2D eigenvalue weighted by Crippen LogP contribution is -2.12. The van der Waals surface area contributed by atoms with Crippen molar-refractivity contribution in [2.75, 3.05) is 5.32 Å². The van der Waals surface area contributed by atoms with E-state index in [0.717, 1.165) is 17.5 Å². The van der Waals surface area contributed by atoms with Gasteiger partial charge in [-0.3, -0.25) is 14.9 Å². The van der Waals surface area contributed by atoms with Gasteiger partial charge in [0.25, 0.3) is 11.6 Å². The van der Waals surface area contributed by atoms with Crippen LogP contribution < -0.4 is 5.32 Å². The van der Waals surface area contributed by atoms with Gasteiger partial charge in [0, 0.05) is 28.9 Å². The number of carbonyl (C=O) groups is 1. The standard InChI is InChI=1S/C22H17N3O4/c1-2-14-9-10-20-19(11-14)24-22(29-20)16-6-3-7-17(12-16)23-21(26)15-5-4-8-18(13-15)25(27)28/h3-13H,2H2,1H3,(H,23,26). The molecule has 1 heterocycles. The summed E-state index contributed by atoms with van der Waals surface area (Å²) >= 11 is 0. The van der Waals surface area contributed by atoms with Crippen LogP contribution in [0.25, 0.3) is 22.6 Å². The summed E-state index contributed by atoms with van der Waals surface area (Å²) in [6.07, 6.45) is 0.914. The molecule has 0 bridgehead atoms. The number of nitro benzene ring substituents is 1. The summed E-state index contributed by atoms with van der Waals surface area (Å²) in [5.74, 6) is 0.0238. The Morgan fingerprint density at radius 2 is 1.93 bits per heavy atom. The summed E-state index contributed by atoms with van der Waals surface area (Å²) in [4.78, 5) is 27.4. The fourth-order valence-corrected chi connectivity index (χ4v) is 3.01. The minimum Gasteiger partial charge on any atom is -0.436 e. The molecular weight excluding hydrogens is 370 g/mol. The van der Waals surface area contributed by atoms with Crippen molar-refractivity contribution in [3.63, 3.8) is 0 Å². The molecule has 1 amide bonds. The second kappa shape index (κ2) is 7.55. The Bertz CT molecular complexity index is 1230. The molecule has 29 heavy (non-hydrogen) atoms. The van der Waals surface area contributed by atoms with Gasteiger partial charge in [-0.25, -0.2) is 4.98 Å². The van der Waals surface area contributed by atoms with Gasteiger partial charge in [0.15, 0.2) is 5.58 Å². The van der Waals surface area contributed by atoms with Crippen LogP contribution in [0.2, 0.25) is 0 Å². The van der Waals surface area contributed by atoms with E-state index in [1.165, 1.54) is 29.8 Å². The van der Waals surface area contributed by atoms with Gasteiger partial charge in [-0.15, -0.1) is 0 Å². The Hall–Kier alpha value is -4.00. The smallest absolute Gasteiger partial charge is 0.270 e. The molecule has 0 atom stereocenters. The highest BCUT2D eigenvalue weighted by molar-refractivity contribution is 6.04. The number of hydrogen-bond acceptors (Lipinski definition) is 5. The number of non-ortho nitro benzene ring substituents is 1. The Morgan fingerprint density at radius 3 is 2.72 bits per heavy atom. The highest BCUT2D eigenvalue weighted by Gasteiger charge is 2.13. The fraction of sp³-hybridized carbons (Fsp3) is 0.0909. The maximum atomic E-state index is 12.5. The van der Waals surface area contributed by atoms with Crippen LogP contribution in [-0.4, -0.2) is 15.8 Å². The zero-order valence-electron chi connectivity index (χ0n) is 15.6. The maximum absolute atomic E-state index is 12.5. The Kier molecular flexibility index (Phi) is 4.78. The number of amides is 1. The Labute approximate surface area is 166 Å². The average Bonchev–Trinajstić information content (AvgIpc) is 3.17.